The highest BCUT2D eigenvalue weighted by Gasteiger charge is 1.95. The van der Waals surface area contributed by atoms with E-state index in [1.807, 2.05) is 24.3 Å². The molecule has 0 saturated carbocycles. The van der Waals surface area contributed by atoms with Crippen molar-refractivity contribution in [3.63, 3.8) is 0 Å². The number of hydrogen-bond acceptors (Lipinski definition) is 2. The summed E-state index contributed by atoms with van der Waals surface area (Å²) in [6.07, 6.45) is 4.90. The van der Waals surface area contributed by atoms with Crippen LogP contribution in [0.4, 0.5) is 5.69 Å². The van der Waals surface area contributed by atoms with Gasteiger partial charge in [-0.3, -0.25) is 0 Å². The van der Waals surface area contributed by atoms with Crippen molar-refractivity contribution in [2.45, 2.75) is 13.0 Å². The fourth-order valence-electron chi connectivity index (χ4n) is 0.984. The van der Waals surface area contributed by atoms with E-state index in [2.05, 4.69) is 11.2 Å². The van der Waals surface area contributed by atoms with Gasteiger partial charge in [-0.25, -0.2) is 0 Å². The molecule has 0 aliphatic heterocycles. The van der Waals surface area contributed by atoms with Gasteiger partial charge in [-0.1, -0.05) is 12.0 Å². The highest BCUT2D eigenvalue weighted by Crippen LogP contribution is 2.09. The first-order valence-electron chi connectivity index (χ1n) is 4.21. The summed E-state index contributed by atoms with van der Waals surface area (Å²) < 4.78 is 0. The molecular weight excluding hydrogens is 162 g/mol. The van der Waals surface area contributed by atoms with Crippen molar-refractivity contribution in [3.05, 3.63) is 29.8 Å². The lowest BCUT2D eigenvalue weighted by atomic mass is 10.2. The van der Waals surface area contributed by atoms with Crippen LogP contribution in [-0.2, 0) is 0 Å². The summed E-state index contributed by atoms with van der Waals surface area (Å²) in [5, 5.41) is 12.1. The predicted octanol–water partition coefficient (Wildman–Crippen LogP) is 1.46. The highest BCUT2D eigenvalue weighted by molar-refractivity contribution is 5.49. The molecule has 2 heteroatoms. The molecule has 1 rings (SSSR count). The fraction of sp³-hybridized carbons (Fsp3) is 0.273. The van der Waals surface area contributed by atoms with Gasteiger partial charge in [-0.15, -0.1) is 6.42 Å². The van der Waals surface area contributed by atoms with Gasteiger partial charge in [0.05, 0.1) is 6.10 Å². The molecule has 2 nitrogen and oxygen atoms in total. The minimum absolute atomic E-state index is 0.352. The van der Waals surface area contributed by atoms with E-state index in [0.29, 0.717) is 6.54 Å². The van der Waals surface area contributed by atoms with Crippen molar-refractivity contribution >= 4 is 5.69 Å². The maximum atomic E-state index is 9.04. The molecule has 2 N–H and O–H groups in total. The van der Waals surface area contributed by atoms with Gasteiger partial charge in [0.15, 0.2) is 0 Å². The van der Waals surface area contributed by atoms with Gasteiger partial charge in [0.25, 0.3) is 0 Å². The molecule has 0 saturated heterocycles. The summed E-state index contributed by atoms with van der Waals surface area (Å²) in [7, 11) is 0. The van der Waals surface area contributed by atoms with Crippen LogP contribution in [0.15, 0.2) is 24.3 Å². The summed E-state index contributed by atoms with van der Waals surface area (Å²) >= 11 is 0. The van der Waals surface area contributed by atoms with Gasteiger partial charge in [0.1, 0.15) is 0 Å². The van der Waals surface area contributed by atoms with Crippen LogP contribution in [0.25, 0.3) is 0 Å². The van der Waals surface area contributed by atoms with Gasteiger partial charge in [-0.2, -0.15) is 0 Å². The predicted molar refractivity (Wildman–Crippen MR) is 54.5 cm³/mol. The van der Waals surface area contributed by atoms with E-state index >= 15 is 0 Å². The molecule has 0 spiro atoms. The van der Waals surface area contributed by atoms with Gasteiger partial charge >= 0.3 is 0 Å². The van der Waals surface area contributed by atoms with Crippen molar-refractivity contribution in [2.75, 3.05) is 11.9 Å². The van der Waals surface area contributed by atoms with E-state index in [1.165, 1.54) is 0 Å². The largest absolute Gasteiger partial charge is 0.392 e. The molecule has 1 unspecified atom stereocenters. The maximum absolute atomic E-state index is 9.04. The van der Waals surface area contributed by atoms with E-state index in [1.54, 1.807) is 6.92 Å². The summed E-state index contributed by atoms with van der Waals surface area (Å²) in [6.45, 7) is 2.27. The van der Waals surface area contributed by atoms with Crippen LogP contribution >= 0.6 is 0 Å². The molecule has 0 fully saturated rings. The summed E-state index contributed by atoms with van der Waals surface area (Å²) in [4.78, 5) is 0. The van der Waals surface area contributed by atoms with Gasteiger partial charge in [0, 0.05) is 17.8 Å². The molecule has 0 radical (unpaired) electrons. The average molecular weight is 175 g/mol. The van der Waals surface area contributed by atoms with Crippen molar-refractivity contribution in [2.24, 2.45) is 0 Å². The molecule has 13 heavy (non-hydrogen) atoms. The third-order valence-electron chi connectivity index (χ3n) is 1.63. The zero-order valence-electron chi connectivity index (χ0n) is 7.62. The number of rotatable bonds is 3. The number of anilines is 1. The first-order valence-corrected chi connectivity index (χ1v) is 4.21. The number of nitrogens with one attached hydrogen (secondary N) is 1. The molecule has 0 amide bonds. The van der Waals surface area contributed by atoms with Crippen LogP contribution in [0.2, 0.25) is 0 Å². The Morgan fingerprint density at radius 2 is 2.38 bits per heavy atom. The minimum atomic E-state index is -0.352. The second-order valence-electron chi connectivity index (χ2n) is 2.96. The van der Waals surface area contributed by atoms with Crippen LogP contribution in [0.5, 0.6) is 0 Å². The van der Waals surface area contributed by atoms with Gasteiger partial charge < -0.3 is 10.4 Å². The van der Waals surface area contributed by atoms with E-state index in [-0.39, 0.29) is 6.10 Å². The first-order chi connectivity index (χ1) is 6.22. The molecule has 1 aromatic carbocycles. The highest BCUT2D eigenvalue weighted by atomic mass is 16.3. The maximum Gasteiger partial charge on any atom is 0.0684 e. The topological polar surface area (TPSA) is 32.3 Å². The average Bonchev–Trinajstić information content (AvgIpc) is 2.15. The lowest BCUT2D eigenvalue weighted by molar-refractivity contribution is 0.208. The molecule has 1 atom stereocenters. The lowest BCUT2D eigenvalue weighted by Gasteiger charge is -2.08. The monoisotopic (exact) mass is 175 g/mol. The van der Waals surface area contributed by atoms with Crippen molar-refractivity contribution in [3.8, 4) is 12.3 Å². The summed E-state index contributed by atoms with van der Waals surface area (Å²) in [6, 6.07) is 7.55. The van der Waals surface area contributed by atoms with Crippen LogP contribution in [0.3, 0.4) is 0 Å². The van der Waals surface area contributed by atoms with E-state index in [4.69, 9.17) is 11.5 Å². The molecule has 0 aliphatic rings. The van der Waals surface area contributed by atoms with Gasteiger partial charge in [-0.05, 0) is 25.1 Å². The number of aliphatic hydroxyl groups excluding tert-OH is 1. The van der Waals surface area contributed by atoms with E-state index in [0.717, 1.165) is 11.3 Å². The zero-order chi connectivity index (χ0) is 9.68. The Bertz CT molecular complexity index is 312. The summed E-state index contributed by atoms with van der Waals surface area (Å²) in [5.41, 5.74) is 1.78. The lowest BCUT2D eigenvalue weighted by Crippen LogP contribution is -2.15. The third kappa shape index (κ3) is 3.18. The zero-order valence-corrected chi connectivity index (χ0v) is 7.62. The van der Waals surface area contributed by atoms with Crippen molar-refractivity contribution in [1.82, 2.24) is 0 Å². The Balaban J connectivity index is 2.63. The molecule has 68 valence electrons. The Morgan fingerprint density at radius 3 is 3.00 bits per heavy atom. The molecule has 0 aliphatic carbocycles. The smallest absolute Gasteiger partial charge is 0.0684 e. The van der Waals surface area contributed by atoms with Crippen LogP contribution in [0, 0.1) is 12.3 Å². The fourth-order valence-corrected chi connectivity index (χ4v) is 0.984. The van der Waals surface area contributed by atoms with Crippen molar-refractivity contribution in [1.29, 1.82) is 0 Å². The van der Waals surface area contributed by atoms with Crippen LogP contribution in [0.1, 0.15) is 12.5 Å². The third-order valence-corrected chi connectivity index (χ3v) is 1.63. The van der Waals surface area contributed by atoms with E-state index in [9.17, 15) is 0 Å². The Morgan fingerprint density at radius 1 is 1.62 bits per heavy atom. The first kappa shape index (κ1) is 9.63. The standard InChI is InChI=1S/C11H13NO/c1-3-10-5-4-6-11(7-10)12-8-9(2)13/h1,4-7,9,12-13H,8H2,2H3. The molecule has 0 aromatic heterocycles. The van der Waals surface area contributed by atoms with Crippen LogP contribution in [-0.4, -0.2) is 17.8 Å². The van der Waals surface area contributed by atoms with Crippen molar-refractivity contribution < 1.29 is 5.11 Å². The van der Waals surface area contributed by atoms with E-state index < -0.39 is 0 Å². The Labute approximate surface area is 78.6 Å². The second kappa shape index (κ2) is 4.54. The second-order valence-corrected chi connectivity index (χ2v) is 2.96. The quantitative estimate of drug-likeness (QED) is 0.682. The Kier molecular flexibility index (Phi) is 3.36. The number of hydrogen-bond donors (Lipinski definition) is 2. The molecule has 0 heterocycles. The normalized spacial score (nSPS) is 11.8. The van der Waals surface area contributed by atoms with Crippen LogP contribution < -0.4 is 5.32 Å². The molecule has 0 bridgehead atoms. The van der Waals surface area contributed by atoms with Gasteiger partial charge in [0.2, 0.25) is 0 Å². The summed E-state index contributed by atoms with van der Waals surface area (Å²) in [5.74, 6) is 2.55. The Hall–Kier alpha value is -1.46. The SMILES string of the molecule is C#Cc1cccc(NCC(C)O)c1. The number of terminal acetylenes is 1. The minimum Gasteiger partial charge on any atom is -0.392 e. The molecular formula is C11H13NO. The number of aliphatic hydroxyl groups is 1. The molecule has 1 aromatic rings. The number of benzene rings is 1.